The molecule has 1 atom stereocenters. The van der Waals surface area contributed by atoms with Gasteiger partial charge in [-0.1, -0.05) is 30.3 Å². The lowest BCUT2D eigenvalue weighted by atomic mass is 10.0. The maximum Gasteiger partial charge on any atom is 0.248 e. The maximum absolute atomic E-state index is 12.4. The van der Waals surface area contributed by atoms with Gasteiger partial charge in [0.1, 0.15) is 6.61 Å². The van der Waals surface area contributed by atoms with Crippen LogP contribution in [-0.4, -0.2) is 60.6 Å². The molecule has 3 rings (SSSR count). The molecule has 1 aliphatic heterocycles. The molecule has 1 amide bonds. The Hall–Kier alpha value is -1.39. The molecule has 4 nitrogen and oxygen atoms in total. The summed E-state index contributed by atoms with van der Waals surface area (Å²) in [7, 11) is 0. The number of benzene rings is 1. The van der Waals surface area contributed by atoms with E-state index in [-0.39, 0.29) is 18.6 Å². The molecule has 2 fully saturated rings. The van der Waals surface area contributed by atoms with Crippen molar-refractivity contribution < 1.29 is 9.53 Å². The molecule has 0 radical (unpaired) electrons. The van der Waals surface area contributed by atoms with E-state index in [4.69, 9.17) is 4.74 Å². The first-order valence-corrected chi connectivity index (χ1v) is 8.43. The Balaban J connectivity index is 1.67. The van der Waals surface area contributed by atoms with Crippen molar-refractivity contribution in [2.75, 3.05) is 32.8 Å². The Morgan fingerprint density at radius 3 is 2.68 bits per heavy atom. The number of ether oxygens (including phenoxy) is 1. The molecule has 120 valence electrons. The number of nitrogens with zero attached hydrogens (tertiary/aromatic N) is 2. The lowest BCUT2D eigenvalue weighted by Gasteiger charge is -2.42. The smallest absolute Gasteiger partial charge is 0.248 e. The van der Waals surface area contributed by atoms with Crippen LogP contribution in [-0.2, 0) is 16.0 Å². The number of carbonyl (C=O) groups excluding carboxylic acids is 1. The van der Waals surface area contributed by atoms with Crippen LogP contribution in [0.4, 0.5) is 0 Å². The molecule has 22 heavy (non-hydrogen) atoms. The summed E-state index contributed by atoms with van der Waals surface area (Å²) < 4.78 is 5.33. The molecule has 0 spiro atoms. The van der Waals surface area contributed by atoms with Crippen LogP contribution in [0.2, 0.25) is 0 Å². The van der Waals surface area contributed by atoms with Gasteiger partial charge in [0.05, 0.1) is 0 Å². The summed E-state index contributed by atoms with van der Waals surface area (Å²) in [6, 6.07) is 11.5. The quantitative estimate of drug-likeness (QED) is 0.805. The molecule has 1 heterocycles. The third-order valence-electron chi connectivity index (χ3n) is 4.64. The van der Waals surface area contributed by atoms with Crippen LogP contribution in [0.1, 0.15) is 25.3 Å². The molecule has 1 unspecified atom stereocenters. The highest BCUT2D eigenvalue weighted by molar-refractivity contribution is 5.78. The van der Waals surface area contributed by atoms with Gasteiger partial charge in [-0.3, -0.25) is 9.69 Å². The second-order valence-corrected chi connectivity index (χ2v) is 6.29. The minimum Gasteiger partial charge on any atom is -0.372 e. The number of hydrogen-bond acceptors (Lipinski definition) is 3. The van der Waals surface area contributed by atoms with Gasteiger partial charge in [-0.05, 0) is 31.7 Å². The predicted molar refractivity (Wildman–Crippen MR) is 86.7 cm³/mol. The third-order valence-corrected chi connectivity index (χ3v) is 4.64. The van der Waals surface area contributed by atoms with Gasteiger partial charge in [0.2, 0.25) is 5.91 Å². The van der Waals surface area contributed by atoms with Crippen molar-refractivity contribution in [2.24, 2.45) is 0 Å². The summed E-state index contributed by atoms with van der Waals surface area (Å²) in [5, 5.41) is 0. The van der Waals surface area contributed by atoms with Crippen molar-refractivity contribution in [2.45, 2.75) is 38.3 Å². The highest BCUT2D eigenvalue weighted by Gasteiger charge is 2.37. The number of rotatable bonds is 6. The second-order valence-electron chi connectivity index (χ2n) is 6.29. The number of amides is 1. The number of hydrogen-bond donors (Lipinski definition) is 0. The van der Waals surface area contributed by atoms with E-state index in [1.54, 1.807) is 0 Å². The van der Waals surface area contributed by atoms with Crippen LogP contribution in [0.15, 0.2) is 30.3 Å². The molecule has 0 aromatic heterocycles. The monoisotopic (exact) mass is 302 g/mol. The van der Waals surface area contributed by atoms with E-state index in [2.05, 4.69) is 29.2 Å². The average molecular weight is 302 g/mol. The van der Waals surface area contributed by atoms with Crippen molar-refractivity contribution in [1.29, 1.82) is 0 Å². The van der Waals surface area contributed by atoms with E-state index in [0.29, 0.717) is 6.61 Å². The van der Waals surface area contributed by atoms with Crippen LogP contribution in [0.3, 0.4) is 0 Å². The molecular weight excluding hydrogens is 276 g/mol. The molecule has 1 saturated carbocycles. The zero-order chi connectivity index (χ0) is 15.4. The van der Waals surface area contributed by atoms with Crippen LogP contribution in [0.25, 0.3) is 0 Å². The largest absolute Gasteiger partial charge is 0.372 e. The molecule has 0 bridgehead atoms. The summed E-state index contributed by atoms with van der Waals surface area (Å²) in [6.07, 6.45) is 3.58. The van der Waals surface area contributed by atoms with E-state index >= 15 is 0 Å². The number of piperazine rings is 1. The van der Waals surface area contributed by atoms with Gasteiger partial charge in [0.15, 0.2) is 0 Å². The second kappa shape index (κ2) is 7.25. The molecule has 0 N–H and O–H groups in total. The van der Waals surface area contributed by atoms with Crippen molar-refractivity contribution in [3.63, 3.8) is 0 Å². The van der Waals surface area contributed by atoms with Gasteiger partial charge in [-0.25, -0.2) is 0 Å². The van der Waals surface area contributed by atoms with Crippen molar-refractivity contribution >= 4 is 5.91 Å². The van der Waals surface area contributed by atoms with Gasteiger partial charge in [0.25, 0.3) is 0 Å². The first kappa shape index (κ1) is 15.5. The first-order chi connectivity index (χ1) is 10.8. The predicted octanol–water partition coefficient (Wildman–Crippen LogP) is 1.94. The summed E-state index contributed by atoms with van der Waals surface area (Å²) in [5.74, 6) is 0.137. The minimum atomic E-state index is 0.137. The van der Waals surface area contributed by atoms with Gasteiger partial charge >= 0.3 is 0 Å². The highest BCUT2D eigenvalue weighted by Crippen LogP contribution is 2.29. The Bertz CT molecular complexity index is 487. The van der Waals surface area contributed by atoms with E-state index in [1.165, 1.54) is 18.4 Å². The van der Waals surface area contributed by atoms with Gasteiger partial charge in [-0.15, -0.1) is 0 Å². The summed E-state index contributed by atoms with van der Waals surface area (Å²) in [5.41, 5.74) is 1.30. The fourth-order valence-corrected chi connectivity index (χ4v) is 3.31. The van der Waals surface area contributed by atoms with Crippen molar-refractivity contribution in [1.82, 2.24) is 9.80 Å². The normalized spacial score (nSPS) is 22.8. The summed E-state index contributed by atoms with van der Waals surface area (Å²) >= 11 is 0. The third kappa shape index (κ3) is 3.87. The van der Waals surface area contributed by atoms with Gasteiger partial charge in [0, 0.05) is 38.3 Å². The first-order valence-electron chi connectivity index (χ1n) is 8.43. The minimum absolute atomic E-state index is 0.137. The molecule has 1 saturated heterocycles. The fourth-order valence-electron chi connectivity index (χ4n) is 3.31. The zero-order valence-corrected chi connectivity index (χ0v) is 13.4. The average Bonchev–Trinajstić information content (AvgIpc) is 3.38. The van der Waals surface area contributed by atoms with Crippen LogP contribution in [0.5, 0.6) is 0 Å². The Kier molecular flexibility index (Phi) is 5.11. The molecule has 1 aromatic carbocycles. The van der Waals surface area contributed by atoms with Crippen LogP contribution >= 0.6 is 0 Å². The molecule has 2 aliphatic rings. The van der Waals surface area contributed by atoms with Crippen LogP contribution in [0, 0.1) is 0 Å². The van der Waals surface area contributed by atoms with Gasteiger partial charge < -0.3 is 9.64 Å². The van der Waals surface area contributed by atoms with Crippen molar-refractivity contribution in [3.05, 3.63) is 35.9 Å². The van der Waals surface area contributed by atoms with E-state index in [0.717, 1.165) is 32.1 Å². The Morgan fingerprint density at radius 1 is 1.23 bits per heavy atom. The van der Waals surface area contributed by atoms with Gasteiger partial charge in [-0.2, -0.15) is 0 Å². The lowest BCUT2D eigenvalue weighted by molar-refractivity contribution is -0.141. The maximum atomic E-state index is 12.4. The standard InChI is InChI=1S/C18H26N2O2/c1-2-22-14-18(21)20-11-10-19(16-8-9-16)13-17(20)12-15-6-4-3-5-7-15/h3-7,16-17H,2,8-14H2,1H3. The van der Waals surface area contributed by atoms with E-state index in [9.17, 15) is 4.79 Å². The molecule has 1 aromatic rings. The molecule has 4 heteroatoms. The summed E-state index contributed by atoms with van der Waals surface area (Å²) in [4.78, 5) is 17.0. The SMILES string of the molecule is CCOCC(=O)N1CCN(C2CC2)CC1Cc1ccccc1. The molecular formula is C18H26N2O2. The van der Waals surface area contributed by atoms with E-state index < -0.39 is 0 Å². The topological polar surface area (TPSA) is 32.8 Å². The highest BCUT2D eigenvalue weighted by atomic mass is 16.5. The molecule has 1 aliphatic carbocycles. The Morgan fingerprint density at radius 2 is 2.00 bits per heavy atom. The van der Waals surface area contributed by atoms with E-state index in [1.807, 2.05) is 17.9 Å². The summed E-state index contributed by atoms with van der Waals surface area (Å²) in [6.45, 7) is 5.58. The zero-order valence-electron chi connectivity index (χ0n) is 13.4. The van der Waals surface area contributed by atoms with Crippen LogP contribution < -0.4 is 0 Å². The fraction of sp³-hybridized carbons (Fsp3) is 0.611. The number of carbonyl (C=O) groups is 1. The lowest BCUT2D eigenvalue weighted by Crippen LogP contribution is -2.57. The van der Waals surface area contributed by atoms with Crippen molar-refractivity contribution in [3.8, 4) is 0 Å². The Labute approximate surface area is 133 Å².